The predicted octanol–water partition coefficient (Wildman–Crippen LogP) is 0.166. The lowest BCUT2D eigenvalue weighted by molar-refractivity contribution is -0.122. The minimum absolute atomic E-state index is 0.00926. The molecular weight excluding hydrogens is 226 g/mol. The number of carbonyl (C=O) groups excluding carboxylic acids is 2. The maximum atomic E-state index is 10.3. The Hall–Kier alpha value is -2.37. The van der Waals surface area contributed by atoms with Gasteiger partial charge >= 0.3 is 5.97 Å². The van der Waals surface area contributed by atoms with Gasteiger partial charge < -0.3 is 15.5 Å². The summed E-state index contributed by atoms with van der Waals surface area (Å²) in [6.07, 6.45) is 0.0833. The van der Waals surface area contributed by atoms with E-state index in [1.807, 2.05) is 0 Å². The number of carboxylic acids is 1. The zero-order chi connectivity index (χ0) is 12.8. The molecule has 1 aliphatic heterocycles. The van der Waals surface area contributed by atoms with Crippen LogP contribution in [0.25, 0.3) is 0 Å². The molecule has 0 saturated carbocycles. The first-order chi connectivity index (χ1) is 8.00. The van der Waals surface area contributed by atoms with Crippen molar-refractivity contribution in [3.8, 4) is 5.75 Å². The van der Waals surface area contributed by atoms with Crippen LogP contribution in [0.4, 0.5) is 0 Å². The van der Waals surface area contributed by atoms with Gasteiger partial charge in [-0.3, -0.25) is 9.59 Å². The fourth-order valence-corrected chi connectivity index (χ4v) is 1.16. The van der Waals surface area contributed by atoms with Crippen LogP contribution in [0.1, 0.15) is 16.8 Å². The summed E-state index contributed by atoms with van der Waals surface area (Å²) >= 11 is 0. The number of amides is 1. The Kier molecular flexibility index (Phi) is 4.21. The molecule has 1 fully saturated rings. The van der Waals surface area contributed by atoms with Gasteiger partial charge in [0.1, 0.15) is 11.3 Å². The average Bonchev–Trinajstić information content (AvgIpc) is 2.63. The van der Waals surface area contributed by atoms with Crippen LogP contribution in [0, 0.1) is 0 Å². The summed E-state index contributed by atoms with van der Waals surface area (Å²) in [5, 5.41) is 19.7. The van der Waals surface area contributed by atoms with E-state index in [9.17, 15) is 14.4 Å². The van der Waals surface area contributed by atoms with E-state index < -0.39 is 5.97 Å². The van der Waals surface area contributed by atoms with E-state index >= 15 is 0 Å². The Morgan fingerprint density at radius 1 is 1.24 bits per heavy atom. The van der Waals surface area contributed by atoms with E-state index in [-0.39, 0.29) is 36.0 Å². The number of rotatable bonds is 1. The largest absolute Gasteiger partial charge is 0.507 e. The summed E-state index contributed by atoms with van der Waals surface area (Å²) in [5.74, 6) is -1.47. The molecule has 0 spiro atoms. The van der Waals surface area contributed by atoms with Crippen LogP contribution in [0.15, 0.2) is 24.3 Å². The SMILES string of the molecule is O=C(O)c1ccccc1O.O=C1CNC(=O)C1. The van der Waals surface area contributed by atoms with Gasteiger partial charge in [0.15, 0.2) is 5.78 Å². The van der Waals surface area contributed by atoms with Crippen LogP contribution in [0.5, 0.6) is 5.75 Å². The minimum atomic E-state index is -1.11. The fourth-order valence-electron chi connectivity index (χ4n) is 1.16. The van der Waals surface area contributed by atoms with Crippen LogP contribution in [0.2, 0.25) is 0 Å². The summed E-state index contributed by atoms with van der Waals surface area (Å²) in [4.78, 5) is 30.6. The number of carboxylic acid groups (broad SMARTS) is 1. The van der Waals surface area contributed by atoms with E-state index in [1.165, 1.54) is 12.1 Å². The third-order valence-electron chi connectivity index (χ3n) is 1.97. The smallest absolute Gasteiger partial charge is 0.339 e. The molecule has 1 saturated heterocycles. The summed E-state index contributed by atoms with van der Waals surface area (Å²) in [5.41, 5.74) is -0.0671. The van der Waals surface area contributed by atoms with E-state index in [2.05, 4.69) is 5.32 Å². The molecule has 0 atom stereocenters. The van der Waals surface area contributed by atoms with Gasteiger partial charge in [-0.1, -0.05) is 12.1 Å². The second kappa shape index (κ2) is 5.64. The Bertz CT molecular complexity index is 441. The zero-order valence-electron chi connectivity index (χ0n) is 8.84. The van der Waals surface area contributed by atoms with Gasteiger partial charge in [0.2, 0.25) is 5.91 Å². The number of hydrogen-bond donors (Lipinski definition) is 3. The molecule has 3 N–H and O–H groups in total. The first kappa shape index (κ1) is 12.7. The molecule has 1 aromatic carbocycles. The molecule has 6 heteroatoms. The molecule has 0 unspecified atom stereocenters. The average molecular weight is 237 g/mol. The number of phenols is 1. The third-order valence-corrected chi connectivity index (χ3v) is 1.97. The van der Waals surface area contributed by atoms with Gasteiger partial charge in [-0.2, -0.15) is 0 Å². The molecule has 2 rings (SSSR count). The van der Waals surface area contributed by atoms with Crippen LogP contribution in [-0.4, -0.2) is 34.4 Å². The van der Waals surface area contributed by atoms with Crippen molar-refractivity contribution in [3.63, 3.8) is 0 Å². The van der Waals surface area contributed by atoms with Crippen molar-refractivity contribution in [3.05, 3.63) is 29.8 Å². The third kappa shape index (κ3) is 3.94. The van der Waals surface area contributed by atoms with Crippen molar-refractivity contribution < 1.29 is 24.6 Å². The number of Topliss-reactive ketones (excluding diaryl/α,β-unsaturated/α-hetero) is 1. The van der Waals surface area contributed by atoms with E-state index in [4.69, 9.17) is 10.2 Å². The highest BCUT2D eigenvalue weighted by Gasteiger charge is 2.16. The standard InChI is InChI=1S/C7H6O3.C4H5NO2/c8-6-4-2-1-3-5(6)7(9)10;6-3-1-4(7)5-2-3/h1-4,8H,(H,9,10);1-2H2,(H,5,7). The highest BCUT2D eigenvalue weighted by molar-refractivity contribution is 6.05. The van der Waals surface area contributed by atoms with Crippen molar-refractivity contribution in [2.75, 3.05) is 6.54 Å². The van der Waals surface area contributed by atoms with Crippen molar-refractivity contribution >= 4 is 17.7 Å². The molecular formula is C11H11NO5. The minimum Gasteiger partial charge on any atom is -0.507 e. The lowest BCUT2D eigenvalue weighted by Crippen LogP contribution is -2.13. The van der Waals surface area contributed by atoms with Gasteiger partial charge in [0.25, 0.3) is 0 Å². The monoisotopic (exact) mass is 237 g/mol. The molecule has 0 bridgehead atoms. The molecule has 90 valence electrons. The van der Waals surface area contributed by atoms with Crippen molar-refractivity contribution in [1.82, 2.24) is 5.32 Å². The first-order valence-corrected chi connectivity index (χ1v) is 4.80. The number of aromatic hydroxyl groups is 1. The summed E-state index contributed by atoms with van der Waals surface area (Å²) in [7, 11) is 0. The highest BCUT2D eigenvalue weighted by Crippen LogP contribution is 2.14. The van der Waals surface area contributed by atoms with Crippen LogP contribution < -0.4 is 5.32 Å². The fraction of sp³-hybridized carbons (Fsp3) is 0.182. The molecule has 0 radical (unpaired) electrons. The molecule has 17 heavy (non-hydrogen) atoms. The van der Waals surface area contributed by atoms with Gasteiger partial charge in [0.05, 0.1) is 13.0 Å². The molecule has 0 aromatic heterocycles. The van der Waals surface area contributed by atoms with Gasteiger partial charge in [-0.05, 0) is 12.1 Å². The lowest BCUT2D eigenvalue weighted by atomic mass is 10.2. The predicted molar refractivity (Wildman–Crippen MR) is 57.7 cm³/mol. The van der Waals surface area contributed by atoms with E-state index in [1.54, 1.807) is 12.1 Å². The number of ketones is 1. The maximum Gasteiger partial charge on any atom is 0.339 e. The number of nitrogens with one attached hydrogen (secondary N) is 1. The quantitative estimate of drug-likeness (QED) is 0.604. The molecule has 1 aliphatic rings. The summed E-state index contributed by atoms with van der Waals surface area (Å²) < 4.78 is 0. The van der Waals surface area contributed by atoms with Crippen molar-refractivity contribution in [1.29, 1.82) is 0 Å². The first-order valence-electron chi connectivity index (χ1n) is 4.80. The number of carbonyl (C=O) groups is 3. The number of hydrogen-bond acceptors (Lipinski definition) is 4. The normalized spacial score (nSPS) is 13.6. The van der Waals surface area contributed by atoms with Gasteiger partial charge in [0, 0.05) is 0 Å². The van der Waals surface area contributed by atoms with Crippen LogP contribution in [-0.2, 0) is 9.59 Å². The van der Waals surface area contributed by atoms with Crippen molar-refractivity contribution in [2.45, 2.75) is 6.42 Å². The van der Waals surface area contributed by atoms with E-state index in [0.717, 1.165) is 0 Å². The Labute approximate surface area is 96.9 Å². The Morgan fingerprint density at radius 3 is 2.18 bits per heavy atom. The Balaban J connectivity index is 0.000000181. The summed E-state index contributed by atoms with van der Waals surface area (Å²) in [6, 6.07) is 5.81. The Morgan fingerprint density at radius 2 is 1.88 bits per heavy atom. The van der Waals surface area contributed by atoms with Crippen molar-refractivity contribution in [2.24, 2.45) is 0 Å². The number of para-hydroxylation sites is 1. The van der Waals surface area contributed by atoms with Crippen LogP contribution >= 0.6 is 0 Å². The van der Waals surface area contributed by atoms with Crippen LogP contribution in [0.3, 0.4) is 0 Å². The second-order valence-electron chi connectivity index (χ2n) is 3.31. The van der Waals surface area contributed by atoms with Gasteiger partial charge in [-0.15, -0.1) is 0 Å². The molecule has 1 amide bonds. The molecule has 1 heterocycles. The topological polar surface area (TPSA) is 104 Å². The van der Waals surface area contributed by atoms with Gasteiger partial charge in [-0.25, -0.2) is 4.79 Å². The number of benzene rings is 1. The molecule has 0 aliphatic carbocycles. The number of aromatic carboxylic acids is 1. The zero-order valence-corrected chi connectivity index (χ0v) is 8.84. The molecule has 6 nitrogen and oxygen atoms in total. The molecule has 1 aromatic rings. The van der Waals surface area contributed by atoms with E-state index in [0.29, 0.717) is 0 Å². The maximum absolute atomic E-state index is 10.3. The summed E-state index contributed by atoms with van der Waals surface area (Å²) in [6.45, 7) is 0.235. The lowest BCUT2D eigenvalue weighted by Gasteiger charge is -1.95. The second-order valence-corrected chi connectivity index (χ2v) is 3.31. The highest BCUT2D eigenvalue weighted by atomic mass is 16.4.